The molecule has 2 fully saturated rings. The van der Waals surface area contributed by atoms with Crippen LogP contribution in [-0.4, -0.2) is 30.7 Å². The van der Waals surface area contributed by atoms with Crippen molar-refractivity contribution in [2.45, 2.75) is 56.5 Å². The first-order valence-electron chi connectivity index (χ1n) is 6.38. The van der Waals surface area contributed by atoms with Gasteiger partial charge in [0.25, 0.3) is 0 Å². The average Bonchev–Trinajstić information content (AvgIpc) is 2.31. The molecule has 0 radical (unpaired) electrons. The van der Waals surface area contributed by atoms with E-state index in [0.717, 1.165) is 32.3 Å². The molecule has 1 aliphatic heterocycles. The molecule has 1 amide bonds. The molecule has 1 aliphatic carbocycles. The zero-order valence-corrected chi connectivity index (χ0v) is 9.84. The molecule has 3 N–H and O–H groups in total. The van der Waals surface area contributed by atoms with E-state index in [4.69, 9.17) is 10.5 Å². The first-order valence-corrected chi connectivity index (χ1v) is 6.38. The fourth-order valence-corrected chi connectivity index (χ4v) is 2.81. The summed E-state index contributed by atoms with van der Waals surface area (Å²) in [5, 5.41) is 3.47. The lowest BCUT2D eigenvalue weighted by atomic mass is 9.87. The van der Waals surface area contributed by atoms with Crippen molar-refractivity contribution >= 4 is 5.91 Å². The fourth-order valence-electron chi connectivity index (χ4n) is 2.81. The number of rotatable bonds is 3. The minimum Gasteiger partial charge on any atom is -0.379 e. The van der Waals surface area contributed by atoms with Crippen LogP contribution < -0.4 is 11.1 Å². The lowest BCUT2D eigenvalue weighted by molar-refractivity contribution is -0.130. The molecule has 4 nitrogen and oxygen atoms in total. The second kappa shape index (κ2) is 5.15. The maximum Gasteiger partial charge on any atom is 0.240 e. The fraction of sp³-hybridized carbons (Fsp3) is 0.917. The van der Waals surface area contributed by atoms with E-state index in [1.54, 1.807) is 0 Å². The standard InChI is InChI=1S/C12H22N2O2/c13-11(15)12(7-4-8-16-9-12)14-10-5-2-1-3-6-10/h10,14H,1-9H2,(H2,13,15). The molecule has 1 saturated carbocycles. The Labute approximate surface area is 96.9 Å². The van der Waals surface area contributed by atoms with Crippen LogP contribution in [0.1, 0.15) is 44.9 Å². The van der Waals surface area contributed by atoms with Gasteiger partial charge in [0, 0.05) is 12.6 Å². The van der Waals surface area contributed by atoms with Gasteiger partial charge in [0.1, 0.15) is 5.54 Å². The molecule has 2 rings (SSSR count). The molecule has 0 bridgehead atoms. The van der Waals surface area contributed by atoms with Crippen molar-refractivity contribution in [2.75, 3.05) is 13.2 Å². The number of nitrogens with one attached hydrogen (secondary N) is 1. The monoisotopic (exact) mass is 226 g/mol. The van der Waals surface area contributed by atoms with Gasteiger partial charge in [0.2, 0.25) is 5.91 Å². The number of primary amides is 1. The van der Waals surface area contributed by atoms with Crippen LogP contribution in [0.4, 0.5) is 0 Å². The van der Waals surface area contributed by atoms with Gasteiger partial charge in [-0.15, -0.1) is 0 Å². The smallest absolute Gasteiger partial charge is 0.240 e. The zero-order chi connectivity index (χ0) is 11.4. The Kier molecular flexibility index (Phi) is 3.82. The third-order valence-electron chi connectivity index (χ3n) is 3.80. The summed E-state index contributed by atoms with van der Waals surface area (Å²) < 4.78 is 5.42. The maximum absolute atomic E-state index is 11.6. The minimum absolute atomic E-state index is 0.252. The summed E-state index contributed by atoms with van der Waals surface area (Å²) in [4.78, 5) is 11.6. The minimum atomic E-state index is -0.597. The Balaban J connectivity index is 1.98. The highest BCUT2D eigenvalue weighted by molar-refractivity contribution is 5.85. The molecule has 4 heteroatoms. The van der Waals surface area contributed by atoms with Gasteiger partial charge in [-0.05, 0) is 25.7 Å². The first-order chi connectivity index (χ1) is 7.73. The molecule has 0 spiro atoms. The Morgan fingerprint density at radius 1 is 1.25 bits per heavy atom. The summed E-state index contributed by atoms with van der Waals surface area (Å²) in [6, 6.07) is 0.447. The summed E-state index contributed by atoms with van der Waals surface area (Å²) in [7, 11) is 0. The van der Waals surface area contributed by atoms with E-state index in [2.05, 4.69) is 5.32 Å². The average molecular weight is 226 g/mol. The van der Waals surface area contributed by atoms with E-state index in [0.29, 0.717) is 12.6 Å². The van der Waals surface area contributed by atoms with Crippen LogP contribution in [0.2, 0.25) is 0 Å². The first kappa shape index (κ1) is 11.9. The van der Waals surface area contributed by atoms with Crippen LogP contribution in [0.3, 0.4) is 0 Å². The number of nitrogens with two attached hydrogens (primary N) is 1. The second-order valence-corrected chi connectivity index (χ2v) is 5.08. The molecule has 1 unspecified atom stereocenters. The predicted octanol–water partition coefficient (Wildman–Crippen LogP) is 0.943. The third-order valence-corrected chi connectivity index (χ3v) is 3.80. The van der Waals surface area contributed by atoms with E-state index in [9.17, 15) is 4.79 Å². The predicted molar refractivity (Wildman–Crippen MR) is 62.0 cm³/mol. The van der Waals surface area contributed by atoms with Gasteiger partial charge >= 0.3 is 0 Å². The molecule has 92 valence electrons. The molecular weight excluding hydrogens is 204 g/mol. The summed E-state index contributed by atoms with van der Waals surface area (Å²) in [6.07, 6.45) is 7.89. The SMILES string of the molecule is NC(=O)C1(NC2CCCCC2)CCCOC1. The number of hydrogen-bond acceptors (Lipinski definition) is 3. The maximum atomic E-state index is 11.6. The number of hydrogen-bond donors (Lipinski definition) is 2. The highest BCUT2D eigenvalue weighted by atomic mass is 16.5. The van der Waals surface area contributed by atoms with Crippen molar-refractivity contribution in [1.29, 1.82) is 0 Å². The molecule has 16 heavy (non-hydrogen) atoms. The lowest BCUT2D eigenvalue weighted by Crippen LogP contribution is -2.63. The van der Waals surface area contributed by atoms with Crippen LogP contribution >= 0.6 is 0 Å². The van der Waals surface area contributed by atoms with Gasteiger partial charge in [-0.1, -0.05) is 19.3 Å². The van der Waals surface area contributed by atoms with Crippen molar-refractivity contribution in [3.63, 3.8) is 0 Å². The van der Waals surface area contributed by atoms with Crippen LogP contribution in [-0.2, 0) is 9.53 Å². The van der Waals surface area contributed by atoms with Crippen molar-refractivity contribution in [3.8, 4) is 0 Å². The van der Waals surface area contributed by atoms with E-state index >= 15 is 0 Å². The van der Waals surface area contributed by atoms with Gasteiger partial charge in [0.05, 0.1) is 6.61 Å². The molecule has 1 atom stereocenters. The Morgan fingerprint density at radius 2 is 2.00 bits per heavy atom. The van der Waals surface area contributed by atoms with Crippen molar-refractivity contribution in [2.24, 2.45) is 5.73 Å². The van der Waals surface area contributed by atoms with Gasteiger partial charge < -0.3 is 10.5 Å². The van der Waals surface area contributed by atoms with Crippen molar-refractivity contribution < 1.29 is 9.53 Å². The molecule has 0 aromatic heterocycles. The quantitative estimate of drug-likeness (QED) is 0.753. The normalized spacial score (nSPS) is 32.5. The van der Waals surface area contributed by atoms with E-state index in [-0.39, 0.29) is 5.91 Å². The largest absolute Gasteiger partial charge is 0.379 e. The molecule has 1 saturated heterocycles. The highest BCUT2D eigenvalue weighted by Gasteiger charge is 2.40. The zero-order valence-electron chi connectivity index (χ0n) is 9.84. The summed E-state index contributed by atoms with van der Waals surface area (Å²) in [5.74, 6) is -0.252. The number of carbonyl (C=O) groups is 1. The molecule has 0 aromatic rings. The van der Waals surface area contributed by atoms with Crippen molar-refractivity contribution in [1.82, 2.24) is 5.32 Å². The Morgan fingerprint density at radius 3 is 2.56 bits per heavy atom. The molecular formula is C12H22N2O2. The third kappa shape index (κ3) is 2.55. The Hall–Kier alpha value is -0.610. The van der Waals surface area contributed by atoms with Crippen molar-refractivity contribution in [3.05, 3.63) is 0 Å². The Bertz CT molecular complexity index is 243. The molecule has 2 aliphatic rings. The number of ether oxygens (including phenoxy) is 1. The highest BCUT2D eigenvalue weighted by Crippen LogP contribution is 2.24. The van der Waals surface area contributed by atoms with Crippen LogP contribution in [0, 0.1) is 0 Å². The van der Waals surface area contributed by atoms with Crippen LogP contribution in [0.5, 0.6) is 0 Å². The van der Waals surface area contributed by atoms with Gasteiger partial charge in [-0.2, -0.15) is 0 Å². The van der Waals surface area contributed by atoms with Gasteiger partial charge in [-0.25, -0.2) is 0 Å². The van der Waals surface area contributed by atoms with Crippen LogP contribution in [0.15, 0.2) is 0 Å². The summed E-state index contributed by atoms with van der Waals surface area (Å²) >= 11 is 0. The topological polar surface area (TPSA) is 64.4 Å². The van der Waals surface area contributed by atoms with Gasteiger partial charge in [-0.3, -0.25) is 10.1 Å². The summed E-state index contributed by atoms with van der Waals surface area (Å²) in [5.41, 5.74) is 4.94. The van der Waals surface area contributed by atoms with Crippen LogP contribution in [0.25, 0.3) is 0 Å². The lowest BCUT2D eigenvalue weighted by Gasteiger charge is -2.39. The number of carbonyl (C=O) groups excluding carboxylic acids is 1. The van der Waals surface area contributed by atoms with E-state index in [1.807, 2.05) is 0 Å². The number of amides is 1. The van der Waals surface area contributed by atoms with Gasteiger partial charge in [0.15, 0.2) is 0 Å². The van der Waals surface area contributed by atoms with E-state index < -0.39 is 5.54 Å². The second-order valence-electron chi connectivity index (χ2n) is 5.08. The molecule has 0 aromatic carbocycles. The molecule has 1 heterocycles. The van der Waals surface area contributed by atoms with E-state index in [1.165, 1.54) is 19.3 Å². The summed E-state index contributed by atoms with van der Waals surface area (Å²) in [6.45, 7) is 1.19.